The molecule has 12 heavy (non-hydrogen) atoms. The quantitative estimate of drug-likeness (QED) is 0.367. The molecular formula is C8H9IO2Zn. The predicted molar refractivity (Wildman–Crippen MR) is 51.8 cm³/mol. The van der Waals surface area contributed by atoms with E-state index in [0.717, 1.165) is 5.75 Å². The Hall–Kier alpha value is 0.333. The molecule has 0 aliphatic carbocycles. The molecule has 0 saturated carbocycles. The van der Waals surface area contributed by atoms with Crippen molar-refractivity contribution < 1.29 is 24.3 Å². The van der Waals surface area contributed by atoms with Gasteiger partial charge in [0.25, 0.3) is 0 Å². The van der Waals surface area contributed by atoms with Gasteiger partial charge in [-0.15, -0.1) is 12.1 Å². The zero-order chi connectivity index (χ0) is 9.23. The summed E-state index contributed by atoms with van der Waals surface area (Å²) in [7, 11) is 1.59. The number of methoxy groups -OCH3 is 1. The molecule has 0 spiro atoms. The molecular weight excluding hydrogens is 320 g/mol. The van der Waals surface area contributed by atoms with Gasteiger partial charge in [0.05, 0.1) is 0 Å². The summed E-state index contributed by atoms with van der Waals surface area (Å²) in [5, 5.41) is 0. The summed E-state index contributed by atoms with van der Waals surface area (Å²) in [5.41, 5.74) is 0. The van der Waals surface area contributed by atoms with Crippen LogP contribution in [0.2, 0.25) is 0 Å². The molecule has 1 rings (SSSR count). The second-order valence-electron chi connectivity index (χ2n) is 1.79. The zero-order valence-corrected chi connectivity index (χ0v) is 12.0. The van der Waals surface area contributed by atoms with Gasteiger partial charge in [-0.2, -0.15) is 18.2 Å². The molecule has 0 aromatic heterocycles. The van der Waals surface area contributed by atoms with Crippen molar-refractivity contribution in [2.75, 3.05) is 13.9 Å². The van der Waals surface area contributed by atoms with Gasteiger partial charge in [-0.3, -0.25) is 0 Å². The van der Waals surface area contributed by atoms with Gasteiger partial charge >= 0.3 is 34.5 Å². The number of hydrogen-bond donors (Lipinski definition) is 0. The first-order chi connectivity index (χ1) is 5.93. The predicted octanol–water partition coefficient (Wildman–Crippen LogP) is 2.35. The summed E-state index contributed by atoms with van der Waals surface area (Å²) in [6.07, 6.45) is 0. The van der Waals surface area contributed by atoms with Gasteiger partial charge in [-0.1, -0.05) is 0 Å². The molecule has 0 radical (unpaired) electrons. The van der Waals surface area contributed by atoms with Crippen LogP contribution in [0, 0.1) is 6.07 Å². The number of rotatable bonds is 3. The molecule has 2 nitrogen and oxygen atoms in total. The molecule has 1 aromatic carbocycles. The molecule has 0 fully saturated rings. The SMILES string of the molecule is COCOc1cc[c-]cc1.[Zn+][I]. The van der Waals surface area contributed by atoms with E-state index in [1.807, 2.05) is 12.1 Å². The van der Waals surface area contributed by atoms with Gasteiger partial charge in [0.1, 0.15) is 0 Å². The fourth-order valence-electron chi connectivity index (χ4n) is 0.595. The Kier molecular flexibility index (Phi) is 9.68. The zero-order valence-electron chi connectivity index (χ0n) is 6.92. The number of ether oxygens (including phenoxy) is 2. The van der Waals surface area contributed by atoms with Crippen molar-refractivity contribution in [3.8, 4) is 5.75 Å². The Morgan fingerprint density at radius 2 is 2.00 bits per heavy atom. The molecule has 0 bridgehead atoms. The molecule has 0 unspecified atom stereocenters. The summed E-state index contributed by atoms with van der Waals surface area (Å²) in [6, 6.07) is 10.1. The Bertz CT molecular complexity index is 182. The third-order valence-electron chi connectivity index (χ3n) is 1.03. The first-order valence-electron chi connectivity index (χ1n) is 3.28. The molecule has 0 amide bonds. The van der Waals surface area contributed by atoms with Gasteiger partial charge < -0.3 is 9.47 Å². The van der Waals surface area contributed by atoms with Gasteiger partial charge in [0, 0.05) is 12.9 Å². The van der Waals surface area contributed by atoms with Crippen LogP contribution in [-0.4, -0.2) is 13.9 Å². The van der Waals surface area contributed by atoms with Crippen molar-refractivity contribution in [3.05, 3.63) is 30.3 Å². The van der Waals surface area contributed by atoms with E-state index in [1.54, 1.807) is 19.2 Å². The molecule has 0 heterocycles. The van der Waals surface area contributed by atoms with Crippen LogP contribution in [-0.2, 0) is 19.5 Å². The normalized spacial score (nSPS) is 8.33. The van der Waals surface area contributed by atoms with Gasteiger partial charge in [0.15, 0.2) is 6.79 Å². The van der Waals surface area contributed by atoms with Crippen molar-refractivity contribution in [2.24, 2.45) is 0 Å². The fourth-order valence-corrected chi connectivity index (χ4v) is 0.595. The number of benzene rings is 1. The standard InChI is InChI=1S/C8H9O2.HI.Zn/c1-9-7-10-8-5-3-2-4-6-8;;/h3-6H,7H2,1H3;1H;/q-1;;+2/p-1. The van der Waals surface area contributed by atoms with Gasteiger partial charge in [-0.25, -0.2) is 0 Å². The van der Waals surface area contributed by atoms with E-state index in [4.69, 9.17) is 9.47 Å². The van der Waals surface area contributed by atoms with Crippen molar-refractivity contribution in [3.63, 3.8) is 0 Å². The van der Waals surface area contributed by atoms with Crippen LogP contribution < -0.4 is 4.74 Å². The Labute approximate surface area is 93.5 Å². The van der Waals surface area contributed by atoms with Crippen LogP contribution >= 0.6 is 19.8 Å². The molecule has 0 aliphatic heterocycles. The van der Waals surface area contributed by atoms with E-state index in [-0.39, 0.29) is 0 Å². The summed E-state index contributed by atoms with van der Waals surface area (Å²) >= 11 is 3.62. The van der Waals surface area contributed by atoms with Gasteiger partial charge in [0.2, 0.25) is 0 Å². The third kappa shape index (κ3) is 5.92. The van der Waals surface area contributed by atoms with Crippen molar-refractivity contribution in [1.29, 1.82) is 0 Å². The molecule has 0 N–H and O–H groups in total. The van der Waals surface area contributed by atoms with Crippen molar-refractivity contribution >= 4 is 19.8 Å². The van der Waals surface area contributed by atoms with E-state index in [1.165, 1.54) is 14.8 Å². The van der Waals surface area contributed by atoms with Crippen LogP contribution in [0.25, 0.3) is 0 Å². The Balaban J connectivity index is 0.000000561. The van der Waals surface area contributed by atoms with Crippen molar-refractivity contribution in [2.45, 2.75) is 0 Å². The monoisotopic (exact) mass is 328 g/mol. The summed E-state index contributed by atoms with van der Waals surface area (Å²) in [5.74, 6) is 0.806. The Morgan fingerprint density at radius 3 is 2.50 bits per heavy atom. The summed E-state index contributed by atoms with van der Waals surface area (Å²) in [4.78, 5) is 0. The number of halogens is 1. The fraction of sp³-hybridized carbons (Fsp3) is 0.250. The molecule has 0 aliphatic rings. The molecule has 1 aromatic rings. The maximum atomic E-state index is 5.11. The average molecular weight is 329 g/mol. The van der Waals surface area contributed by atoms with E-state index in [0.29, 0.717) is 6.79 Å². The van der Waals surface area contributed by atoms with E-state index < -0.39 is 0 Å². The van der Waals surface area contributed by atoms with Crippen LogP contribution in [0.1, 0.15) is 0 Å². The van der Waals surface area contributed by atoms with Crippen LogP contribution in [0.5, 0.6) is 5.75 Å². The summed E-state index contributed by atoms with van der Waals surface area (Å²) < 4.78 is 9.83. The Morgan fingerprint density at radius 1 is 1.42 bits per heavy atom. The van der Waals surface area contributed by atoms with Crippen LogP contribution in [0.15, 0.2) is 24.3 Å². The molecule has 0 atom stereocenters. The number of hydrogen-bond acceptors (Lipinski definition) is 2. The van der Waals surface area contributed by atoms with Crippen molar-refractivity contribution in [1.82, 2.24) is 0 Å². The third-order valence-corrected chi connectivity index (χ3v) is 1.03. The van der Waals surface area contributed by atoms with Gasteiger partial charge in [-0.05, 0) is 0 Å². The first kappa shape index (κ1) is 12.3. The molecule has 4 heteroatoms. The van der Waals surface area contributed by atoms with E-state index >= 15 is 0 Å². The maximum absolute atomic E-state index is 5.11. The second kappa shape index (κ2) is 9.42. The minimum atomic E-state index is 0.296. The minimum absolute atomic E-state index is 0.296. The molecule has 0 saturated heterocycles. The van der Waals surface area contributed by atoms with Crippen LogP contribution in [0.3, 0.4) is 0 Å². The van der Waals surface area contributed by atoms with Crippen LogP contribution in [0.4, 0.5) is 0 Å². The van der Waals surface area contributed by atoms with E-state index in [9.17, 15) is 0 Å². The first-order valence-corrected chi connectivity index (χ1v) is 12.3. The summed E-state index contributed by atoms with van der Waals surface area (Å²) in [6.45, 7) is 0.296. The molecule has 62 valence electrons. The second-order valence-corrected chi connectivity index (χ2v) is 1.79. The van der Waals surface area contributed by atoms with E-state index in [2.05, 4.69) is 25.8 Å². The average Bonchev–Trinajstić information content (AvgIpc) is 2.19. The topological polar surface area (TPSA) is 18.5 Å².